The molecule has 0 bridgehead atoms. The number of quaternary nitrogens is 2. The molecule has 4 nitrogen and oxygen atoms in total. The number of thiocarbonyl (C=S) groups is 1. The van der Waals surface area contributed by atoms with Crippen molar-refractivity contribution in [2.45, 2.75) is 64.1 Å². The molecular formula is C20H36N4S2+2. The SMILES string of the molecule is CC[NH+]1CC[NH+]([C@H](c2cccs2)[C@H](C)NC(=S)NC2CCCCC2)CC1. The van der Waals surface area contributed by atoms with Gasteiger partial charge in [-0.3, -0.25) is 0 Å². The summed E-state index contributed by atoms with van der Waals surface area (Å²) in [5.74, 6) is 0. The van der Waals surface area contributed by atoms with Crippen LogP contribution in [-0.2, 0) is 0 Å². The van der Waals surface area contributed by atoms with Crippen LogP contribution in [0.15, 0.2) is 17.5 Å². The lowest BCUT2D eigenvalue weighted by atomic mass is 9.96. The van der Waals surface area contributed by atoms with Crippen molar-refractivity contribution in [2.75, 3.05) is 32.7 Å². The van der Waals surface area contributed by atoms with Crippen LogP contribution in [0.1, 0.15) is 56.9 Å². The summed E-state index contributed by atoms with van der Waals surface area (Å²) in [6.45, 7) is 10.9. The topological polar surface area (TPSA) is 32.9 Å². The molecule has 2 heterocycles. The van der Waals surface area contributed by atoms with Gasteiger partial charge in [-0.1, -0.05) is 25.3 Å². The Bertz CT molecular complexity index is 534. The predicted octanol–water partition coefficient (Wildman–Crippen LogP) is 0.778. The summed E-state index contributed by atoms with van der Waals surface area (Å²) in [6, 6.07) is 5.89. The molecule has 1 aromatic heterocycles. The summed E-state index contributed by atoms with van der Waals surface area (Å²) in [6.07, 6.45) is 6.57. The summed E-state index contributed by atoms with van der Waals surface area (Å²) in [7, 11) is 0. The molecule has 0 radical (unpaired) electrons. The largest absolute Gasteiger partial charge is 0.360 e. The molecule has 0 spiro atoms. The van der Waals surface area contributed by atoms with Gasteiger partial charge in [0.15, 0.2) is 5.11 Å². The van der Waals surface area contributed by atoms with Gasteiger partial charge in [0.25, 0.3) is 0 Å². The van der Waals surface area contributed by atoms with E-state index >= 15 is 0 Å². The third kappa shape index (κ3) is 5.41. The number of piperazine rings is 1. The van der Waals surface area contributed by atoms with Gasteiger partial charge < -0.3 is 20.4 Å². The highest BCUT2D eigenvalue weighted by Gasteiger charge is 2.35. The fraction of sp³-hybridized carbons (Fsp3) is 0.750. The number of hydrogen-bond donors (Lipinski definition) is 4. The Hall–Kier alpha value is -0.690. The fourth-order valence-electron chi connectivity index (χ4n) is 4.62. The van der Waals surface area contributed by atoms with Gasteiger partial charge in [-0.2, -0.15) is 0 Å². The second-order valence-electron chi connectivity index (χ2n) is 8.00. The molecule has 4 N–H and O–H groups in total. The molecule has 3 rings (SSSR count). The van der Waals surface area contributed by atoms with Crippen molar-refractivity contribution in [3.8, 4) is 0 Å². The molecule has 2 atom stereocenters. The van der Waals surface area contributed by atoms with Crippen molar-refractivity contribution >= 4 is 28.7 Å². The summed E-state index contributed by atoms with van der Waals surface area (Å²) in [5, 5.41) is 10.3. The van der Waals surface area contributed by atoms with Gasteiger partial charge in [0, 0.05) is 6.04 Å². The maximum absolute atomic E-state index is 5.67. The first kappa shape index (κ1) is 20.1. The van der Waals surface area contributed by atoms with E-state index in [1.807, 2.05) is 11.3 Å². The van der Waals surface area contributed by atoms with Crippen molar-refractivity contribution in [3.63, 3.8) is 0 Å². The first-order chi connectivity index (χ1) is 12.7. The highest BCUT2D eigenvalue weighted by molar-refractivity contribution is 7.80. The number of hydrogen-bond acceptors (Lipinski definition) is 2. The van der Waals surface area contributed by atoms with E-state index in [2.05, 4.69) is 42.0 Å². The summed E-state index contributed by atoms with van der Waals surface area (Å²) >= 11 is 7.56. The Morgan fingerprint density at radius 3 is 2.58 bits per heavy atom. The number of rotatable bonds is 6. The Labute approximate surface area is 168 Å². The minimum Gasteiger partial charge on any atom is -0.360 e. The molecule has 2 aliphatic rings. The molecule has 146 valence electrons. The van der Waals surface area contributed by atoms with Crippen molar-refractivity contribution in [1.82, 2.24) is 10.6 Å². The van der Waals surface area contributed by atoms with Crippen LogP contribution < -0.4 is 20.4 Å². The van der Waals surface area contributed by atoms with Gasteiger partial charge in [-0.05, 0) is 50.4 Å². The molecule has 1 saturated heterocycles. The molecule has 1 aliphatic carbocycles. The second-order valence-corrected chi connectivity index (χ2v) is 9.38. The molecule has 1 aromatic rings. The molecule has 2 fully saturated rings. The molecule has 1 saturated carbocycles. The Morgan fingerprint density at radius 2 is 1.96 bits per heavy atom. The van der Waals surface area contributed by atoms with E-state index in [1.54, 1.807) is 9.80 Å². The smallest absolute Gasteiger partial charge is 0.166 e. The number of nitrogens with one attached hydrogen (secondary N) is 4. The van der Waals surface area contributed by atoms with Crippen LogP contribution >= 0.6 is 23.6 Å². The predicted molar refractivity (Wildman–Crippen MR) is 114 cm³/mol. The van der Waals surface area contributed by atoms with Gasteiger partial charge in [0.1, 0.15) is 32.2 Å². The van der Waals surface area contributed by atoms with Crippen molar-refractivity contribution in [1.29, 1.82) is 0 Å². The number of likely N-dealkylation sites (N-methyl/N-ethyl adjacent to an activating group) is 1. The Balaban J connectivity index is 1.60. The quantitative estimate of drug-likeness (QED) is 0.537. The highest BCUT2D eigenvalue weighted by Crippen LogP contribution is 2.20. The zero-order valence-corrected chi connectivity index (χ0v) is 18.0. The maximum atomic E-state index is 5.67. The van der Waals surface area contributed by atoms with E-state index in [4.69, 9.17) is 12.2 Å². The lowest BCUT2D eigenvalue weighted by molar-refractivity contribution is -1.03. The van der Waals surface area contributed by atoms with Gasteiger partial charge in [-0.25, -0.2) is 0 Å². The van der Waals surface area contributed by atoms with Crippen LogP contribution in [0.3, 0.4) is 0 Å². The molecule has 0 aromatic carbocycles. The molecule has 26 heavy (non-hydrogen) atoms. The fourth-order valence-corrected chi connectivity index (χ4v) is 5.96. The number of thiophene rings is 1. The molecule has 0 amide bonds. The normalized spacial score (nSPS) is 26.8. The summed E-state index contributed by atoms with van der Waals surface area (Å²) in [5.41, 5.74) is 0. The Kier molecular flexibility index (Phi) is 7.73. The Morgan fingerprint density at radius 1 is 1.23 bits per heavy atom. The monoisotopic (exact) mass is 396 g/mol. The third-order valence-corrected chi connectivity index (χ3v) is 7.38. The maximum Gasteiger partial charge on any atom is 0.166 e. The van der Waals surface area contributed by atoms with Gasteiger partial charge in [-0.15, -0.1) is 11.3 Å². The first-order valence-electron chi connectivity index (χ1n) is 10.5. The molecule has 0 unspecified atom stereocenters. The molecular weight excluding hydrogens is 360 g/mol. The van der Waals surface area contributed by atoms with Crippen molar-refractivity contribution in [2.24, 2.45) is 0 Å². The summed E-state index contributed by atoms with van der Waals surface area (Å²) < 4.78 is 0. The molecule has 1 aliphatic heterocycles. The van der Waals surface area contributed by atoms with E-state index in [1.165, 1.54) is 69.7 Å². The average Bonchev–Trinajstić information content (AvgIpc) is 3.17. The van der Waals surface area contributed by atoms with Crippen LogP contribution in [-0.4, -0.2) is 49.9 Å². The first-order valence-corrected chi connectivity index (χ1v) is 11.7. The van der Waals surface area contributed by atoms with E-state index in [0.29, 0.717) is 18.1 Å². The van der Waals surface area contributed by atoms with E-state index in [-0.39, 0.29) is 0 Å². The van der Waals surface area contributed by atoms with Crippen LogP contribution in [0.5, 0.6) is 0 Å². The van der Waals surface area contributed by atoms with Crippen molar-refractivity contribution in [3.05, 3.63) is 22.4 Å². The van der Waals surface area contributed by atoms with Crippen LogP contribution in [0, 0.1) is 0 Å². The summed E-state index contributed by atoms with van der Waals surface area (Å²) in [4.78, 5) is 4.94. The highest BCUT2D eigenvalue weighted by atomic mass is 32.1. The third-order valence-electron chi connectivity index (χ3n) is 6.19. The zero-order valence-electron chi connectivity index (χ0n) is 16.4. The standard InChI is InChI=1S/C20H34N4S2/c1-3-23-11-13-24(14-12-23)19(18-10-7-15-26-18)16(2)21-20(25)22-17-8-5-4-6-9-17/h7,10,15-17,19H,3-6,8-9,11-14H2,1-2H3,(H2,21,22,25)/p+2/t16-,19-/m0/s1. The minimum absolute atomic E-state index is 0.343. The van der Waals surface area contributed by atoms with Gasteiger partial charge >= 0.3 is 0 Å². The molecule has 6 heteroatoms. The van der Waals surface area contributed by atoms with Crippen LogP contribution in [0.4, 0.5) is 0 Å². The van der Waals surface area contributed by atoms with Crippen LogP contribution in [0.25, 0.3) is 0 Å². The van der Waals surface area contributed by atoms with Gasteiger partial charge in [0.05, 0.1) is 17.5 Å². The van der Waals surface area contributed by atoms with Crippen molar-refractivity contribution < 1.29 is 9.80 Å². The average molecular weight is 397 g/mol. The second kappa shape index (κ2) is 10.0. The van der Waals surface area contributed by atoms with Gasteiger partial charge in [0.2, 0.25) is 0 Å². The zero-order chi connectivity index (χ0) is 18.4. The minimum atomic E-state index is 0.343. The lowest BCUT2D eigenvalue weighted by Crippen LogP contribution is -3.28. The van der Waals surface area contributed by atoms with E-state index in [9.17, 15) is 0 Å². The van der Waals surface area contributed by atoms with Crippen LogP contribution in [0.2, 0.25) is 0 Å². The van der Waals surface area contributed by atoms with E-state index in [0.717, 1.165) is 5.11 Å². The lowest BCUT2D eigenvalue weighted by Gasteiger charge is -2.37. The van der Waals surface area contributed by atoms with E-state index < -0.39 is 0 Å².